The lowest BCUT2D eigenvalue weighted by Gasteiger charge is -2.05. The molecule has 0 aromatic carbocycles. The molecular weight excluding hydrogens is 174 g/mol. The summed E-state index contributed by atoms with van der Waals surface area (Å²) in [5.41, 5.74) is 0. The maximum Gasteiger partial charge on any atom is 0.156 e. The molecule has 0 aromatic heterocycles. The highest BCUT2D eigenvalue weighted by molar-refractivity contribution is 7.91. The van der Waals surface area contributed by atoms with E-state index in [4.69, 9.17) is 0 Å². The summed E-state index contributed by atoms with van der Waals surface area (Å²) in [6, 6.07) is 0.349. The highest BCUT2D eigenvalue weighted by Crippen LogP contribution is 2.07. The summed E-state index contributed by atoms with van der Waals surface area (Å²) in [6.07, 6.45) is 3.23. The van der Waals surface area contributed by atoms with Crippen molar-refractivity contribution in [2.24, 2.45) is 0 Å². The predicted octanol–water partition coefficient (Wildman–Crippen LogP) is -0.463. The Morgan fingerprint density at radius 3 is 2.75 bits per heavy atom. The first-order valence-electron chi connectivity index (χ1n) is 4.68. The largest absolute Gasteiger partial charge is 0.343 e. The third kappa shape index (κ3) is 3.11. The molecule has 1 fully saturated rings. The first kappa shape index (κ1) is 9.99. The minimum Gasteiger partial charge on any atom is -0.343 e. The lowest BCUT2D eigenvalue weighted by Crippen LogP contribution is -2.90. The number of nitrogens with two attached hydrogens (primary N) is 1. The fourth-order valence-corrected chi connectivity index (χ4v) is 3.35. The van der Waals surface area contributed by atoms with Crippen LogP contribution in [0.3, 0.4) is 0 Å². The first-order chi connectivity index (χ1) is 5.64. The number of sulfone groups is 1. The van der Waals surface area contributed by atoms with Crippen LogP contribution >= 0.6 is 0 Å². The molecule has 1 aliphatic heterocycles. The standard InChI is InChI=1S/C8H17NO2S/c1-2-3-5-9-8-4-6-12(10,11)7-8/h8-9H,2-7H2,1H3/p+1. The second-order valence-corrected chi connectivity index (χ2v) is 5.77. The van der Waals surface area contributed by atoms with Crippen molar-refractivity contribution >= 4 is 9.84 Å². The fraction of sp³-hybridized carbons (Fsp3) is 1.00. The van der Waals surface area contributed by atoms with Crippen LogP contribution in [0, 0.1) is 0 Å². The van der Waals surface area contributed by atoms with Crippen LogP contribution in [0.4, 0.5) is 0 Å². The van der Waals surface area contributed by atoms with Crippen molar-refractivity contribution in [3.63, 3.8) is 0 Å². The van der Waals surface area contributed by atoms with Crippen molar-refractivity contribution in [1.29, 1.82) is 0 Å². The van der Waals surface area contributed by atoms with Gasteiger partial charge in [0.05, 0.1) is 12.3 Å². The van der Waals surface area contributed by atoms with Gasteiger partial charge in [-0.3, -0.25) is 0 Å². The van der Waals surface area contributed by atoms with E-state index in [1.165, 1.54) is 12.8 Å². The van der Waals surface area contributed by atoms with Crippen molar-refractivity contribution in [2.45, 2.75) is 32.2 Å². The van der Waals surface area contributed by atoms with Gasteiger partial charge in [-0.25, -0.2) is 8.42 Å². The van der Waals surface area contributed by atoms with Gasteiger partial charge in [-0.2, -0.15) is 0 Å². The molecule has 0 spiro atoms. The number of hydrogen-bond donors (Lipinski definition) is 1. The molecule has 3 nitrogen and oxygen atoms in total. The third-order valence-corrected chi connectivity index (χ3v) is 4.12. The predicted molar refractivity (Wildman–Crippen MR) is 48.8 cm³/mol. The first-order valence-corrected chi connectivity index (χ1v) is 6.50. The molecule has 1 unspecified atom stereocenters. The number of rotatable bonds is 4. The normalized spacial score (nSPS) is 27.6. The Labute approximate surface area is 74.5 Å². The van der Waals surface area contributed by atoms with E-state index < -0.39 is 9.84 Å². The van der Waals surface area contributed by atoms with Gasteiger partial charge in [0, 0.05) is 6.42 Å². The number of hydrogen-bond acceptors (Lipinski definition) is 2. The topological polar surface area (TPSA) is 50.8 Å². The van der Waals surface area contributed by atoms with Gasteiger partial charge in [-0.15, -0.1) is 0 Å². The van der Waals surface area contributed by atoms with Gasteiger partial charge in [0.25, 0.3) is 0 Å². The summed E-state index contributed by atoms with van der Waals surface area (Å²) < 4.78 is 22.1. The molecule has 1 heterocycles. The van der Waals surface area contributed by atoms with E-state index in [1.807, 2.05) is 0 Å². The molecule has 72 valence electrons. The minimum absolute atomic E-state index is 0.349. The summed E-state index contributed by atoms with van der Waals surface area (Å²) >= 11 is 0. The Kier molecular flexibility index (Phi) is 3.53. The van der Waals surface area contributed by atoms with Crippen molar-refractivity contribution in [3.8, 4) is 0 Å². The number of unbranched alkanes of at least 4 members (excludes halogenated alkanes) is 1. The highest BCUT2D eigenvalue weighted by Gasteiger charge is 2.29. The van der Waals surface area contributed by atoms with E-state index in [9.17, 15) is 8.42 Å². The Hall–Kier alpha value is -0.0900. The van der Waals surface area contributed by atoms with E-state index in [0.717, 1.165) is 13.0 Å². The molecule has 0 aliphatic carbocycles. The summed E-state index contributed by atoms with van der Waals surface area (Å²) in [5.74, 6) is 0.803. The van der Waals surface area contributed by atoms with Gasteiger partial charge in [-0.1, -0.05) is 13.3 Å². The second kappa shape index (κ2) is 4.23. The van der Waals surface area contributed by atoms with Crippen LogP contribution in [-0.4, -0.2) is 32.5 Å². The number of quaternary nitrogens is 1. The second-order valence-electron chi connectivity index (χ2n) is 3.54. The summed E-state index contributed by atoms with van der Waals surface area (Å²) in [6.45, 7) is 3.23. The maximum absolute atomic E-state index is 11.1. The van der Waals surface area contributed by atoms with Crippen LogP contribution in [0.1, 0.15) is 26.2 Å². The van der Waals surface area contributed by atoms with Crippen molar-refractivity contribution in [2.75, 3.05) is 18.1 Å². The molecule has 4 heteroatoms. The van der Waals surface area contributed by atoms with Crippen LogP contribution in [0.5, 0.6) is 0 Å². The molecule has 0 saturated carbocycles. The maximum atomic E-state index is 11.1. The monoisotopic (exact) mass is 192 g/mol. The molecular formula is C8H18NO2S+. The van der Waals surface area contributed by atoms with Gasteiger partial charge in [0.2, 0.25) is 0 Å². The molecule has 1 atom stereocenters. The Morgan fingerprint density at radius 2 is 2.25 bits per heavy atom. The summed E-state index contributed by atoms with van der Waals surface area (Å²) in [5, 5.41) is 2.19. The van der Waals surface area contributed by atoms with Crippen LogP contribution in [0.2, 0.25) is 0 Å². The zero-order valence-corrected chi connectivity index (χ0v) is 8.44. The average Bonchev–Trinajstić information content (AvgIpc) is 2.31. The zero-order valence-electron chi connectivity index (χ0n) is 7.62. The van der Waals surface area contributed by atoms with Crippen LogP contribution in [0.25, 0.3) is 0 Å². The van der Waals surface area contributed by atoms with Gasteiger partial charge >= 0.3 is 0 Å². The lowest BCUT2D eigenvalue weighted by molar-refractivity contribution is -0.684. The van der Waals surface area contributed by atoms with E-state index >= 15 is 0 Å². The lowest BCUT2D eigenvalue weighted by atomic mass is 10.2. The van der Waals surface area contributed by atoms with Gasteiger partial charge in [0.15, 0.2) is 9.84 Å². The molecule has 1 saturated heterocycles. The van der Waals surface area contributed by atoms with E-state index in [2.05, 4.69) is 12.2 Å². The van der Waals surface area contributed by atoms with Crippen molar-refractivity contribution in [3.05, 3.63) is 0 Å². The molecule has 0 radical (unpaired) electrons. The molecule has 12 heavy (non-hydrogen) atoms. The molecule has 2 N–H and O–H groups in total. The van der Waals surface area contributed by atoms with E-state index in [1.54, 1.807) is 0 Å². The fourth-order valence-electron chi connectivity index (χ4n) is 1.57. The zero-order chi connectivity index (χ0) is 9.03. The minimum atomic E-state index is -2.66. The molecule has 0 aromatic rings. The summed E-state index contributed by atoms with van der Waals surface area (Å²) in [4.78, 5) is 0. The van der Waals surface area contributed by atoms with Gasteiger partial charge < -0.3 is 5.32 Å². The van der Waals surface area contributed by atoms with E-state index in [0.29, 0.717) is 17.5 Å². The molecule has 0 bridgehead atoms. The smallest absolute Gasteiger partial charge is 0.156 e. The molecule has 1 rings (SSSR count). The van der Waals surface area contributed by atoms with Crippen LogP contribution in [-0.2, 0) is 9.84 Å². The summed E-state index contributed by atoms with van der Waals surface area (Å²) in [7, 11) is -2.66. The van der Waals surface area contributed by atoms with Crippen molar-refractivity contribution < 1.29 is 13.7 Å². The quantitative estimate of drug-likeness (QED) is 0.613. The van der Waals surface area contributed by atoms with Gasteiger partial charge in [0.1, 0.15) is 11.8 Å². The Balaban J connectivity index is 2.20. The SMILES string of the molecule is CCCC[NH2+]C1CCS(=O)(=O)C1. The Morgan fingerprint density at radius 1 is 1.50 bits per heavy atom. The molecule has 1 aliphatic rings. The molecule has 0 amide bonds. The highest BCUT2D eigenvalue weighted by atomic mass is 32.2. The van der Waals surface area contributed by atoms with E-state index in [-0.39, 0.29) is 0 Å². The average molecular weight is 192 g/mol. The van der Waals surface area contributed by atoms with Crippen molar-refractivity contribution in [1.82, 2.24) is 0 Å². The van der Waals surface area contributed by atoms with Crippen LogP contribution in [0.15, 0.2) is 0 Å². The third-order valence-electron chi connectivity index (χ3n) is 2.33. The van der Waals surface area contributed by atoms with Crippen LogP contribution < -0.4 is 5.32 Å². The Bertz CT molecular complexity index is 223. The van der Waals surface area contributed by atoms with Gasteiger partial charge in [-0.05, 0) is 6.42 Å².